The Hall–Kier alpha value is -1.02. The summed E-state index contributed by atoms with van der Waals surface area (Å²) in [7, 11) is 4.05. The Bertz CT molecular complexity index is 566. The predicted octanol–water partition coefficient (Wildman–Crippen LogP) is 3.92. The van der Waals surface area contributed by atoms with Crippen LogP contribution in [0.3, 0.4) is 0 Å². The van der Waals surface area contributed by atoms with E-state index in [1.807, 2.05) is 7.05 Å². The highest BCUT2D eigenvalue weighted by atomic mass is 127. The average molecular weight is 486 g/mol. The lowest BCUT2D eigenvalue weighted by Gasteiger charge is -2.33. The zero-order chi connectivity index (χ0) is 18.2. The molecule has 2 fully saturated rings. The highest BCUT2D eigenvalue weighted by Crippen LogP contribution is 2.26. The van der Waals surface area contributed by atoms with Crippen LogP contribution < -0.4 is 15.5 Å². The van der Waals surface area contributed by atoms with Crippen molar-refractivity contribution in [1.82, 2.24) is 10.6 Å². The standard InChI is InChI=1S/C21H34N4O.HI/c1-22-21(24-16-20-9-6-14-26-20)23-15-17-10-12-19(13-11-17)25(2)18-7-4-3-5-8-18;/h10-13,18,20H,3-9,14-16H2,1-2H3,(H2,22,23,24);1H. The summed E-state index contributed by atoms with van der Waals surface area (Å²) in [6.07, 6.45) is 9.42. The fourth-order valence-electron chi connectivity index (χ4n) is 3.95. The monoisotopic (exact) mass is 486 g/mol. The second-order valence-electron chi connectivity index (χ2n) is 7.51. The van der Waals surface area contributed by atoms with Gasteiger partial charge in [-0.3, -0.25) is 4.99 Å². The van der Waals surface area contributed by atoms with Crippen molar-refractivity contribution in [2.24, 2.45) is 4.99 Å². The van der Waals surface area contributed by atoms with Crippen LogP contribution in [0.4, 0.5) is 5.69 Å². The lowest BCUT2D eigenvalue weighted by atomic mass is 9.94. The van der Waals surface area contributed by atoms with E-state index in [9.17, 15) is 0 Å². The van der Waals surface area contributed by atoms with Gasteiger partial charge in [-0.15, -0.1) is 24.0 Å². The minimum absolute atomic E-state index is 0. The molecule has 1 saturated heterocycles. The lowest BCUT2D eigenvalue weighted by molar-refractivity contribution is 0.114. The van der Waals surface area contributed by atoms with E-state index < -0.39 is 0 Å². The highest BCUT2D eigenvalue weighted by Gasteiger charge is 2.18. The van der Waals surface area contributed by atoms with E-state index in [0.29, 0.717) is 12.1 Å². The molecule has 0 amide bonds. The topological polar surface area (TPSA) is 48.9 Å². The number of anilines is 1. The van der Waals surface area contributed by atoms with Gasteiger partial charge in [0, 0.05) is 45.5 Å². The van der Waals surface area contributed by atoms with Gasteiger partial charge in [0.05, 0.1) is 6.10 Å². The van der Waals surface area contributed by atoms with Crippen molar-refractivity contribution in [3.8, 4) is 0 Å². The number of guanidine groups is 1. The van der Waals surface area contributed by atoms with Crippen LogP contribution in [0.5, 0.6) is 0 Å². The zero-order valence-electron chi connectivity index (χ0n) is 16.7. The van der Waals surface area contributed by atoms with Gasteiger partial charge in [-0.25, -0.2) is 0 Å². The second-order valence-corrected chi connectivity index (χ2v) is 7.51. The molecule has 2 aliphatic rings. The van der Waals surface area contributed by atoms with Crippen LogP contribution in [-0.4, -0.2) is 45.4 Å². The lowest BCUT2D eigenvalue weighted by Crippen LogP contribution is -2.40. The van der Waals surface area contributed by atoms with Crippen molar-refractivity contribution in [1.29, 1.82) is 0 Å². The van der Waals surface area contributed by atoms with Gasteiger partial charge in [0.1, 0.15) is 0 Å². The van der Waals surface area contributed by atoms with Crippen molar-refractivity contribution in [2.75, 3.05) is 32.1 Å². The van der Waals surface area contributed by atoms with E-state index in [1.54, 1.807) is 0 Å². The summed E-state index contributed by atoms with van der Waals surface area (Å²) in [6, 6.07) is 9.63. The first-order chi connectivity index (χ1) is 12.8. The van der Waals surface area contributed by atoms with Crippen LogP contribution in [-0.2, 0) is 11.3 Å². The molecular weight excluding hydrogens is 451 g/mol. The minimum Gasteiger partial charge on any atom is -0.376 e. The number of nitrogens with one attached hydrogen (secondary N) is 2. The molecule has 1 unspecified atom stereocenters. The second kappa shape index (κ2) is 11.7. The zero-order valence-corrected chi connectivity index (χ0v) is 19.1. The summed E-state index contributed by atoms with van der Waals surface area (Å²) < 4.78 is 5.65. The third-order valence-corrected chi connectivity index (χ3v) is 5.67. The molecule has 5 nitrogen and oxygen atoms in total. The van der Waals surface area contributed by atoms with Crippen LogP contribution in [0.25, 0.3) is 0 Å². The predicted molar refractivity (Wildman–Crippen MR) is 124 cm³/mol. The van der Waals surface area contributed by atoms with Gasteiger partial charge in [0.25, 0.3) is 0 Å². The smallest absolute Gasteiger partial charge is 0.191 e. The first kappa shape index (κ1) is 22.3. The molecule has 1 heterocycles. The molecule has 0 bridgehead atoms. The normalized spacial score (nSPS) is 20.8. The van der Waals surface area contributed by atoms with E-state index in [4.69, 9.17) is 4.74 Å². The van der Waals surface area contributed by atoms with Crippen molar-refractivity contribution < 1.29 is 4.74 Å². The van der Waals surface area contributed by atoms with Crippen LogP contribution in [0.15, 0.2) is 29.3 Å². The van der Waals surface area contributed by atoms with Crippen LogP contribution in [0, 0.1) is 0 Å². The van der Waals surface area contributed by atoms with Gasteiger partial charge in [-0.2, -0.15) is 0 Å². The van der Waals surface area contributed by atoms with Gasteiger partial charge in [-0.1, -0.05) is 31.4 Å². The van der Waals surface area contributed by atoms with Crippen molar-refractivity contribution in [3.63, 3.8) is 0 Å². The summed E-state index contributed by atoms with van der Waals surface area (Å²) in [5, 5.41) is 6.75. The molecule has 152 valence electrons. The largest absolute Gasteiger partial charge is 0.376 e. The van der Waals surface area contributed by atoms with E-state index in [2.05, 4.69) is 51.8 Å². The number of hydrogen-bond acceptors (Lipinski definition) is 3. The van der Waals surface area contributed by atoms with Crippen LogP contribution >= 0.6 is 24.0 Å². The third kappa shape index (κ3) is 6.82. The summed E-state index contributed by atoms with van der Waals surface area (Å²) in [4.78, 5) is 6.76. The Morgan fingerprint density at radius 1 is 1.07 bits per heavy atom. The number of hydrogen-bond donors (Lipinski definition) is 2. The molecule has 0 aromatic heterocycles. The number of benzene rings is 1. The molecule has 3 rings (SSSR count). The van der Waals surface area contributed by atoms with Crippen molar-refractivity contribution in [3.05, 3.63) is 29.8 Å². The Kier molecular flexibility index (Phi) is 9.68. The summed E-state index contributed by atoms with van der Waals surface area (Å²) in [5.74, 6) is 0.837. The Morgan fingerprint density at radius 3 is 2.44 bits per heavy atom. The number of rotatable bonds is 6. The molecule has 1 aromatic rings. The molecule has 1 atom stereocenters. The van der Waals surface area contributed by atoms with Gasteiger partial charge in [-0.05, 0) is 43.4 Å². The number of nitrogens with zero attached hydrogens (tertiary/aromatic N) is 2. The van der Waals surface area contributed by atoms with Gasteiger partial charge in [0.2, 0.25) is 0 Å². The molecule has 6 heteroatoms. The molecular formula is C21H35IN4O. The first-order valence-corrected chi connectivity index (χ1v) is 10.1. The summed E-state index contributed by atoms with van der Waals surface area (Å²) >= 11 is 0. The Labute approximate surface area is 181 Å². The number of aliphatic imine (C=N–C) groups is 1. The summed E-state index contributed by atoms with van der Waals surface area (Å²) in [5.41, 5.74) is 2.59. The molecule has 1 aromatic carbocycles. The van der Waals surface area contributed by atoms with Gasteiger partial charge in [0.15, 0.2) is 5.96 Å². The fourth-order valence-corrected chi connectivity index (χ4v) is 3.95. The highest BCUT2D eigenvalue weighted by molar-refractivity contribution is 14.0. The molecule has 0 spiro atoms. The Balaban J connectivity index is 0.00000261. The van der Waals surface area contributed by atoms with E-state index in [0.717, 1.165) is 32.1 Å². The average Bonchev–Trinajstić information content (AvgIpc) is 3.22. The van der Waals surface area contributed by atoms with Crippen LogP contribution in [0.1, 0.15) is 50.5 Å². The quantitative estimate of drug-likeness (QED) is 0.364. The number of ether oxygens (including phenoxy) is 1. The summed E-state index contributed by atoms with van der Waals surface area (Å²) in [6.45, 7) is 2.49. The molecule has 2 N–H and O–H groups in total. The Morgan fingerprint density at radius 2 is 1.81 bits per heavy atom. The molecule has 1 aliphatic heterocycles. The maximum absolute atomic E-state index is 5.65. The first-order valence-electron chi connectivity index (χ1n) is 10.1. The SMILES string of the molecule is CN=C(NCc1ccc(N(C)C2CCCCC2)cc1)NCC1CCCO1.I. The molecule has 1 saturated carbocycles. The van der Waals surface area contributed by atoms with Crippen molar-refractivity contribution >= 4 is 35.6 Å². The van der Waals surface area contributed by atoms with E-state index in [1.165, 1.54) is 49.8 Å². The maximum atomic E-state index is 5.65. The van der Waals surface area contributed by atoms with Crippen LogP contribution in [0.2, 0.25) is 0 Å². The maximum Gasteiger partial charge on any atom is 0.191 e. The third-order valence-electron chi connectivity index (χ3n) is 5.67. The van der Waals surface area contributed by atoms with Crippen molar-refractivity contribution in [2.45, 2.75) is 63.6 Å². The number of halogens is 1. The van der Waals surface area contributed by atoms with Gasteiger partial charge < -0.3 is 20.3 Å². The minimum atomic E-state index is 0. The fraction of sp³-hybridized carbons (Fsp3) is 0.667. The van der Waals surface area contributed by atoms with E-state index >= 15 is 0 Å². The molecule has 1 aliphatic carbocycles. The molecule has 27 heavy (non-hydrogen) atoms. The van der Waals surface area contributed by atoms with Gasteiger partial charge >= 0.3 is 0 Å². The van der Waals surface area contributed by atoms with E-state index in [-0.39, 0.29) is 24.0 Å². The molecule has 0 radical (unpaired) electrons.